The SMILES string of the molecule is O=C(O)c1c(-c2ccccc2)nc(-c2ccncc2)nc1N1CCOCC1. The Morgan fingerprint density at radius 2 is 1.67 bits per heavy atom. The first-order chi connectivity index (χ1) is 13.2. The lowest BCUT2D eigenvalue weighted by atomic mass is 10.0. The van der Waals surface area contributed by atoms with Crippen molar-refractivity contribution in [1.29, 1.82) is 0 Å². The summed E-state index contributed by atoms with van der Waals surface area (Å²) in [5.41, 5.74) is 2.04. The largest absolute Gasteiger partial charge is 0.477 e. The molecule has 0 radical (unpaired) electrons. The maximum atomic E-state index is 12.2. The van der Waals surface area contributed by atoms with Crippen molar-refractivity contribution in [1.82, 2.24) is 15.0 Å². The fourth-order valence-electron chi connectivity index (χ4n) is 3.08. The van der Waals surface area contributed by atoms with E-state index >= 15 is 0 Å². The van der Waals surface area contributed by atoms with E-state index in [0.717, 1.165) is 11.1 Å². The third-order valence-corrected chi connectivity index (χ3v) is 4.40. The van der Waals surface area contributed by atoms with Gasteiger partial charge in [-0.1, -0.05) is 30.3 Å². The summed E-state index contributed by atoms with van der Waals surface area (Å²) in [6, 6.07) is 13.0. The van der Waals surface area contributed by atoms with Crippen molar-refractivity contribution < 1.29 is 14.6 Å². The number of benzene rings is 1. The number of anilines is 1. The van der Waals surface area contributed by atoms with E-state index < -0.39 is 5.97 Å². The highest BCUT2D eigenvalue weighted by Crippen LogP contribution is 2.32. The molecule has 1 saturated heterocycles. The lowest BCUT2D eigenvalue weighted by Gasteiger charge is -2.29. The van der Waals surface area contributed by atoms with Gasteiger partial charge in [0.1, 0.15) is 11.4 Å². The van der Waals surface area contributed by atoms with E-state index in [1.54, 1.807) is 12.4 Å². The fourth-order valence-corrected chi connectivity index (χ4v) is 3.08. The van der Waals surface area contributed by atoms with Gasteiger partial charge in [-0.2, -0.15) is 0 Å². The summed E-state index contributed by atoms with van der Waals surface area (Å²) in [4.78, 5) is 27.4. The predicted molar refractivity (Wildman–Crippen MR) is 101 cm³/mol. The number of aromatic nitrogens is 3. The van der Waals surface area contributed by atoms with E-state index in [1.807, 2.05) is 47.4 Å². The number of ether oxygens (including phenoxy) is 1. The number of hydrogen-bond donors (Lipinski definition) is 1. The molecule has 7 nitrogen and oxygen atoms in total. The average Bonchev–Trinajstić information content (AvgIpc) is 2.74. The van der Waals surface area contributed by atoms with E-state index in [2.05, 4.69) is 15.0 Å². The molecule has 2 aromatic heterocycles. The molecule has 1 N–H and O–H groups in total. The van der Waals surface area contributed by atoms with Gasteiger partial charge in [-0.05, 0) is 12.1 Å². The third kappa shape index (κ3) is 3.50. The molecule has 0 bridgehead atoms. The zero-order chi connectivity index (χ0) is 18.6. The van der Waals surface area contributed by atoms with Crippen LogP contribution in [0.4, 0.5) is 5.82 Å². The molecule has 0 saturated carbocycles. The van der Waals surface area contributed by atoms with Crippen LogP contribution in [0.1, 0.15) is 10.4 Å². The van der Waals surface area contributed by atoms with Crippen molar-refractivity contribution in [2.45, 2.75) is 0 Å². The Labute approximate surface area is 156 Å². The summed E-state index contributed by atoms with van der Waals surface area (Å²) in [6.45, 7) is 2.24. The molecule has 1 aromatic carbocycles. The van der Waals surface area contributed by atoms with Crippen LogP contribution >= 0.6 is 0 Å². The van der Waals surface area contributed by atoms with Gasteiger partial charge in [0.15, 0.2) is 5.82 Å². The second-order valence-electron chi connectivity index (χ2n) is 6.10. The number of carboxylic acids is 1. The minimum absolute atomic E-state index is 0.112. The van der Waals surface area contributed by atoms with Crippen molar-refractivity contribution in [3.05, 3.63) is 60.4 Å². The Hall–Kier alpha value is -3.32. The highest BCUT2D eigenvalue weighted by atomic mass is 16.5. The van der Waals surface area contributed by atoms with Gasteiger partial charge in [0.2, 0.25) is 0 Å². The minimum Gasteiger partial charge on any atom is -0.477 e. The van der Waals surface area contributed by atoms with Crippen LogP contribution in [-0.2, 0) is 4.74 Å². The van der Waals surface area contributed by atoms with Crippen LogP contribution in [0.3, 0.4) is 0 Å². The van der Waals surface area contributed by atoms with Crippen LogP contribution in [0.5, 0.6) is 0 Å². The maximum Gasteiger partial charge on any atom is 0.341 e. The van der Waals surface area contributed by atoms with Crippen molar-refractivity contribution in [2.24, 2.45) is 0 Å². The molecule has 1 aliphatic heterocycles. The van der Waals surface area contributed by atoms with Crippen molar-refractivity contribution in [2.75, 3.05) is 31.2 Å². The lowest BCUT2D eigenvalue weighted by molar-refractivity contribution is 0.0696. The normalized spacial score (nSPS) is 14.1. The number of nitrogens with zero attached hydrogens (tertiary/aromatic N) is 4. The van der Waals surface area contributed by atoms with Gasteiger partial charge in [-0.15, -0.1) is 0 Å². The van der Waals surface area contributed by atoms with Gasteiger partial charge in [0.05, 0.1) is 18.9 Å². The number of hydrogen-bond acceptors (Lipinski definition) is 6. The highest BCUT2D eigenvalue weighted by molar-refractivity contribution is 6.00. The van der Waals surface area contributed by atoms with Crippen LogP contribution in [0.25, 0.3) is 22.6 Å². The minimum atomic E-state index is -1.04. The van der Waals surface area contributed by atoms with Crippen LogP contribution < -0.4 is 4.90 Å². The summed E-state index contributed by atoms with van der Waals surface area (Å²) < 4.78 is 5.41. The molecule has 136 valence electrons. The molecule has 1 fully saturated rings. The zero-order valence-electron chi connectivity index (χ0n) is 14.6. The van der Waals surface area contributed by atoms with E-state index in [0.29, 0.717) is 43.6 Å². The molecule has 3 heterocycles. The summed E-state index contributed by atoms with van der Waals surface area (Å²) >= 11 is 0. The highest BCUT2D eigenvalue weighted by Gasteiger charge is 2.26. The Bertz CT molecular complexity index is 942. The molecular weight excluding hydrogens is 344 g/mol. The average molecular weight is 362 g/mol. The van der Waals surface area contributed by atoms with E-state index in [-0.39, 0.29) is 5.56 Å². The Morgan fingerprint density at radius 1 is 0.963 bits per heavy atom. The topological polar surface area (TPSA) is 88.4 Å². The molecule has 4 rings (SSSR count). The molecule has 0 spiro atoms. The molecule has 0 unspecified atom stereocenters. The van der Waals surface area contributed by atoms with Crippen LogP contribution in [0.15, 0.2) is 54.9 Å². The predicted octanol–water partition coefficient (Wildman–Crippen LogP) is 2.74. The second kappa shape index (κ2) is 7.51. The number of rotatable bonds is 4. The van der Waals surface area contributed by atoms with Crippen LogP contribution in [0.2, 0.25) is 0 Å². The van der Waals surface area contributed by atoms with Crippen LogP contribution in [-0.4, -0.2) is 52.3 Å². The zero-order valence-corrected chi connectivity index (χ0v) is 14.6. The van der Waals surface area contributed by atoms with Gasteiger partial charge in [-0.25, -0.2) is 14.8 Å². The van der Waals surface area contributed by atoms with Crippen molar-refractivity contribution >= 4 is 11.8 Å². The third-order valence-electron chi connectivity index (χ3n) is 4.40. The second-order valence-corrected chi connectivity index (χ2v) is 6.10. The van der Waals surface area contributed by atoms with E-state index in [1.165, 1.54) is 0 Å². The quantitative estimate of drug-likeness (QED) is 0.763. The number of carboxylic acid groups (broad SMARTS) is 1. The molecule has 3 aromatic rings. The van der Waals surface area contributed by atoms with Gasteiger partial charge >= 0.3 is 5.97 Å². The number of aromatic carboxylic acids is 1. The lowest BCUT2D eigenvalue weighted by Crippen LogP contribution is -2.38. The first kappa shape index (κ1) is 17.1. The fraction of sp³-hybridized carbons (Fsp3) is 0.200. The van der Waals surface area contributed by atoms with Gasteiger partial charge in [0.25, 0.3) is 0 Å². The summed E-state index contributed by atoms with van der Waals surface area (Å²) in [6.07, 6.45) is 3.33. The summed E-state index contributed by atoms with van der Waals surface area (Å²) in [5, 5.41) is 9.95. The summed E-state index contributed by atoms with van der Waals surface area (Å²) in [5.74, 6) is -0.147. The number of pyridine rings is 1. The number of morpholine rings is 1. The molecular formula is C20H18N4O3. The van der Waals surface area contributed by atoms with Crippen LogP contribution in [0, 0.1) is 0 Å². The Kier molecular flexibility index (Phi) is 4.76. The standard InChI is InChI=1S/C20H18N4O3/c25-20(26)16-17(14-4-2-1-3-5-14)22-18(15-6-8-21-9-7-15)23-19(16)24-10-12-27-13-11-24/h1-9H,10-13H2,(H,25,26). The van der Waals surface area contributed by atoms with Crippen molar-refractivity contribution in [3.63, 3.8) is 0 Å². The molecule has 0 amide bonds. The smallest absolute Gasteiger partial charge is 0.341 e. The molecule has 1 aliphatic rings. The molecule has 7 heteroatoms. The van der Waals surface area contributed by atoms with Gasteiger partial charge in [-0.3, -0.25) is 4.98 Å². The summed E-state index contributed by atoms with van der Waals surface area (Å²) in [7, 11) is 0. The Balaban J connectivity index is 1.96. The first-order valence-electron chi connectivity index (χ1n) is 8.68. The van der Waals surface area contributed by atoms with E-state index in [4.69, 9.17) is 4.74 Å². The first-order valence-corrected chi connectivity index (χ1v) is 8.68. The number of carbonyl (C=O) groups is 1. The van der Waals surface area contributed by atoms with E-state index in [9.17, 15) is 9.90 Å². The van der Waals surface area contributed by atoms with Crippen molar-refractivity contribution in [3.8, 4) is 22.6 Å². The van der Waals surface area contributed by atoms with Gasteiger partial charge < -0.3 is 14.7 Å². The molecule has 0 aliphatic carbocycles. The maximum absolute atomic E-state index is 12.2. The molecule has 27 heavy (non-hydrogen) atoms. The molecule has 0 atom stereocenters. The van der Waals surface area contributed by atoms with Gasteiger partial charge in [0, 0.05) is 36.6 Å². The monoisotopic (exact) mass is 362 g/mol. The Morgan fingerprint density at radius 3 is 2.33 bits per heavy atom.